The van der Waals surface area contributed by atoms with E-state index in [1.807, 2.05) is 0 Å². The molecule has 0 aliphatic rings. The minimum atomic E-state index is 0. The first-order chi connectivity index (χ1) is 1.73. The molecule has 0 nitrogen and oxygen atoms in total. The molecule has 0 heterocycles. The molecule has 0 radical (unpaired) electrons. The maximum atomic E-state index is 2.17. The van der Waals surface area contributed by atoms with Crippen molar-refractivity contribution in [2.45, 2.75) is 18.4 Å². The van der Waals surface area contributed by atoms with E-state index in [0.717, 1.165) is 4.59 Å². The van der Waals surface area contributed by atoms with Crippen LogP contribution in [0.2, 0.25) is 4.59 Å². The molecule has 0 aromatic heterocycles. The Morgan fingerprint density at radius 1 is 1.40 bits per heavy atom. The van der Waals surface area contributed by atoms with Crippen LogP contribution in [-0.2, 0) is 0 Å². The third-order valence-electron chi connectivity index (χ3n) is 0. The van der Waals surface area contributed by atoms with E-state index < -0.39 is 0 Å². The van der Waals surface area contributed by atoms with Gasteiger partial charge < -0.3 is 0 Å². The van der Waals surface area contributed by atoms with E-state index in [0.29, 0.717) is 0 Å². The first kappa shape index (κ1) is 9.11. The Balaban J connectivity index is 0. The van der Waals surface area contributed by atoms with Crippen molar-refractivity contribution in [2.75, 3.05) is 0 Å². The van der Waals surface area contributed by atoms with Crippen LogP contribution in [0.15, 0.2) is 0 Å². The number of halogens is 1. The molecule has 2 heteroatoms. The zero-order chi connectivity index (χ0) is 3.58. The second-order valence-corrected chi connectivity index (χ2v) is 1.73. The van der Waals surface area contributed by atoms with Gasteiger partial charge in [-0.05, 0) is 0 Å². The monoisotopic (exact) mass is 70.1 g/mol. The molecule has 0 saturated carbocycles. The predicted molar refractivity (Wildman–Crippen MR) is 23.4 cm³/mol. The molecule has 0 aliphatic heterocycles. The quantitative estimate of drug-likeness (QED) is 0.375. The summed E-state index contributed by atoms with van der Waals surface area (Å²) in [6.45, 7) is 4.33. The Morgan fingerprint density at radius 2 is 1.40 bits per heavy atom. The average Bonchev–Trinajstić information content (AvgIpc) is 0.811. The molecule has 28 valence electrons. The molecule has 0 bridgehead atoms. The third-order valence-corrected chi connectivity index (χ3v) is 0. The second-order valence-electron chi connectivity index (χ2n) is 1.73. The first-order valence-corrected chi connectivity index (χ1v) is 1.73. The standard InChI is InChI=1S/C3H7.FH.Li/c1-3-2;;/h3H,1-2H3;1H;. The van der Waals surface area contributed by atoms with E-state index in [-0.39, 0.29) is 4.70 Å². The van der Waals surface area contributed by atoms with Gasteiger partial charge in [0.05, 0.1) is 0 Å². The van der Waals surface area contributed by atoms with Gasteiger partial charge in [-0.25, -0.2) is 0 Å². The minimum absolute atomic E-state index is 0. The van der Waals surface area contributed by atoms with E-state index >= 15 is 0 Å². The molecule has 0 saturated heterocycles. The van der Waals surface area contributed by atoms with Gasteiger partial charge in [0.15, 0.2) is 0 Å². The van der Waals surface area contributed by atoms with Crippen molar-refractivity contribution >= 4 is 17.7 Å². The van der Waals surface area contributed by atoms with E-state index in [4.69, 9.17) is 0 Å². The van der Waals surface area contributed by atoms with Crippen molar-refractivity contribution in [1.29, 1.82) is 0 Å². The molecule has 0 spiro atoms. The van der Waals surface area contributed by atoms with Crippen LogP contribution in [0.5, 0.6) is 0 Å². The molecular weight excluding hydrogens is 62.0 g/mol. The number of rotatable bonds is 0. The van der Waals surface area contributed by atoms with Crippen molar-refractivity contribution in [1.82, 2.24) is 0 Å². The maximum absolute atomic E-state index is 2.17. The molecule has 0 fully saturated rings. The first-order valence-electron chi connectivity index (χ1n) is 1.73. The van der Waals surface area contributed by atoms with Crippen molar-refractivity contribution in [3.8, 4) is 0 Å². The van der Waals surface area contributed by atoms with Crippen LogP contribution in [-0.4, -0.2) is 17.7 Å². The molecule has 0 atom stereocenters. The Kier molecular flexibility index (Phi) is 8.24. The summed E-state index contributed by atoms with van der Waals surface area (Å²) in [6.07, 6.45) is 0. The Bertz CT molecular complexity index is 11.6. The molecule has 0 N–H and O–H groups in total. The fourth-order valence-electron chi connectivity index (χ4n) is 0. The summed E-state index contributed by atoms with van der Waals surface area (Å²) in [5.74, 6) is 0. The van der Waals surface area contributed by atoms with Crippen molar-refractivity contribution in [2.24, 2.45) is 0 Å². The number of hydrogen-bond donors (Lipinski definition) is 0. The van der Waals surface area contributed by atoms with Crippen molar-refractivity contribution in [3.63, 3.8) is 0 Å². The average molecular weight is 70.0 g/mol. The normalized spacial score (nSPS) is 7.40. The van der Waals surface area contributed by atoms with E-state index in [1.54, 1.807) is 0 Å². The second kappa shape index (κ2) is 4.53. The van der Waals surface area contributed by atoms with Crippen LogP contribution in [0.3, 0.4) is 0 Å². The predicted octanol–water partition coefficient (Wildman–Crippen LogP) is 1.14. The summed E-state index contributed by atoms with van der Waals surface area (Å²) in [5.41, 5.74) is 0. The Labute approximate surface area is 41.5 Å². The summed E-state index contributed by atoms with van der Waals surface area (Å²) < 4.78 is 0.833. The fraction of sp³-hybridized carbons (Fsp3) is 1.00. The zero-order valence-corrected chi connectivity index (χ0v) is 3.99. The Morgan fingerprint density at radius 3 is 1.40 bits per heavy atom. The molecule has 0 unspecified atom stereocenters. The summed E-state index contributed by atoms with van der Waals surface area (Å²) in [5, 5.41) is 0. The van der Waals surface area contributed by atoms with Gasteiger partial charge in [-0.3, -0.25) is 4.70 Å². The summed E-state index contributed by atoms with van der Waals surface area (Å²) in [4.78, 5) is 0. The van der Waals surface area contributed by atoms with Gasteiger partial charge in [-0.1, -0.05) is 0 Å². The summed E-state index contributed by atoms with van der Waals surface area (Å²) in [7, 11) is 0. The topological polar surface area (TPSA) is 0 Å². The van der Waals surface area contributed by atoms with Gasteiger partial charge in [0, 0.05) is 0 Å². The molecule has 0 rings (SSSR count). The SMILES string of the molecule is F.[Li][CH](C)C. The Hall–Kier alpha value is 0.527. The number of hydrogen-bond acceptors (Lipinski definition) is 0. The van der Waals surface area contributed by atoms with Gasteiger partial charge in [0.25, 0.3) is 0 Å². The van der Waals surface area contributed by atoms with Gasteiger partial charge in [-0.15, -0.1) is 0 Å². The van der Waals surface area contributed by atoms with Crippen LogP contribution in [0.4, 0.5) is 4.70 Å². The third kappa shape index (κ3) is 104. The van der Waals surface area contributed by atoms with E-state index in [1.165, 1.54) is 0 Å². The van der Waals surface area contributed by atoms with Crippen LogP contribution in [0.25, 0.3) is 0 Å². The van der Waals surface area contributed by atoms with Gasteiger partial charge >= 0.3 is 36.2 Å². The summed E-state index contributed by atoms with van der Waals surface area (Å²) >= 11 is 2.17. The molecule has 0 aliphatic carbocycles. The molecule has 0 aromatic carbocycles. The van der Waals surface area contributed by atoms with Crippen LogP contribution < -0.4 is 0 Å². The van der Waals surface area contributed by atoms with E-state index in [9.17, 15) is 0 Å². The van der Waals surface area contributed by atoms with Crippen LogP contribution in [0, 0.1) is 0 Å². The van der Waals surface area contributed by atoms with Crippen LogP contribution in [0.1, 0.15) is 13.8 Å². The zero-order valence-electron chi connectivity index (χ0n) is 3.99. The van der Waals surface area contributed by atoms with Gasteiger partial charge in [-0.2, -0.15) is 0 Å². The van der Waals surface area contributed by atoms with Gasteiger partial charge in [0.1, 0.15) is 0 Å². The molecule has 0 aromatic rings. The molecule has 5 heavy (non-hydrogen) atoms. The molecular formula is C3H8FLi. The van der Waals surface area contributed by atoms with E-state index in [2.05, 4.69) is 31.6 Å². The fourth-order valence-corrected chi connectivity index (χ4v) is 0. The van der Waals surface area contributed by atoms with Crippen LogP contribution >= 0.6 is 0 Å². The molecule has 0 amide bonds. The van der Waals surface area contributed by atoms with Crippen molar-refractivity contribution in [3.05, 3.63) is 0 Å². The summed E-state index contributed by atoms with van der Waals surface area (Å²) in [6, 6.07) is 0. The van der Waals surface area contributed by atoms with Crippen molar-refractivity contribution < 1.29 is 4.70 Å². The van der Waals surface area contributed by atoms with Gasteiger partial charge in [0.2, 0.25) is 0 Å².